The van der Waals surface area contributed by atoms with Crippen LogP contribution in [-0.2, 0) is 13.2 Å². The first-order chi connectivity index (χ1) is 18.1. The van der Waals surface area contributed by atoms with Crippen LogP contribution in [0.4, 0.5) is 0 Å². The standard InChI is InChI=1S/C32H28O5/c1-23-27(20-33)14-13-26(32(23)35-2)15-18-30(34)29-17-16-28(36-21-24-9-5-3-6-10-24)19-31(29)37-22-25-11-7-4-8-12-25/h3-20H,21-22H2,1-2H3/b18-15+. The van der Waals surface area contributed by atoms with Crippen LogP contribution in [0.1, 0.15) is 43.0 Å². The number of methoxy groups -OCH3 is 1. The molecule has 0 saturated carbocycles. The number of benzene rings is 4. The third-order valence-corrected chi connectivity index (χ3v) is 5.93. The number of allylic oxidation sites excluding steroid dienone is 1. The number of hydrogen-bond acceptors (Lipinski definition) is 5. The van der Waals surface area contributed by atoms with E-state index in [4.69, 9.17) is 14.2 Å². The van der Waals surface area contributed by atoms with Gasteiger partial charge in [-0.05, 0) is 42.3 Å². The van der Waals surface area contributed by atoms with E-state index >= 15 is 0 Å². The summed E-state index contributed by atoms with van der Waals surface area (Å²) in [5, 5.41) is 0. The van der Waals surface area contributed by atoms with Crippen molar-refractivity contribution in [3.63, 3.8) is 0 Å². The first kappa shape index (κ1) is 25.5. The predicted molar refractivity (Wildman–Crippen MR) is 144 cm³/mol. The molecule has 0 atom stereocenters. The van der Waals surface area contributed by atoms with Gasteiger partial charge in [-0.15, -0.1) is 0 Å². The number of carbonyl (C=O) groups is 2. The van der Waals surface area contributed by atoms with Crippen LogP contribution in [0.2, 0.25) is 0 Å². The Labute approximate surface area is 216 Å². The van der Waals surface area contributed by atoms with Crippen molar-refractivity contribution < 1.29 is 23.8 Å². The van der Waals surface area contributed by atoms with Crippen LogP contribution >= 0.6 is 0 Å². The number of ketones is 1. The van der Waals surface area contributed by atoms with E-state index in [9.17, 15) is 9.59 Å². The highest BCUT2D eigenvalue weighted by Gasteiger charge is 2.14. The van der Waals surface area contributed by atoms with E-state index in [-0.39, 0.29) is 5.78 Å². The maximum Gasteiger partial charge on any atom is 0.189 e. The molecular weight excluding hydrogens is 464 g/mol. The van der Waals surface area contributed by atoms with Crippen molar-refractivity contribution in [2.24, 2.45) is 0 Å². The van der Waals surface area contributed by atoms with Crippen LogP contribution in [0.3, 0.4) is 0 Å². The second-order valence-corrected chi connectivity index (χ2v) is 8.42. The van der Waals surface area contributed by atoms with Crippen LogP contribution in [0.25, 0.3) is 6.08 Å². The summed E-state index contributed by atoms with van der Waals surface area (Å²) in [6.45, 7) is 2.53. The Morgan fingerprint density at radius 1 is 0.784 bits per heavy atom. The van der Waals surface area contributed by atoms with Crippen molar-refractivity contribution in [3.8, 4) is 17.2 Å². The molecule has 0 amide bonds. The number of ether oxygens (including phenoxy) is 3. The summed E-state index contributed by atoms with van der Waals surface area (Å²) in [5.74, 6) is 1.37. The summed E-state index contributed by atoms with van der Waals surface area (Å²) in [6, 6.07) is 28.3. The van der Waals surface area contributed by atoms with E-state index in [1.165, 1.54) is 6.08 Å². The van der Waals surface area contributed by atoms with Crippen molar-refractivity contribution in [3.05, 3.63) is 130 Å². The Balaban J connectivity index is 1.59. The van der Waals surface area contributed by atoms with Crippen molar-refractivity contribution in [2.45, 2.75) is 20.1 Å². The molecule has 0 radical (unpaired) electrons. The van der Waals surface area contributed by atoms with Crippen molar-refractivity contribution >= 4 is 18.1 Å². The SMILES string of the molecule is COc1c(/C=C/C(=O)c2ccc(OCc3ccccc3)cc2OCc2ccccc2)ccc(C=O)c1C. The molecule has 37 heavy (non-hydrogen) atoms. The molecule has 0 aromatic heterocycles. The summed E-state index contributed by atoms with van der Waals surface area (Å²) >= 11 is 0. The van der Waals surface area contributed by atoms with Gasteiger partial charge in [-0.25, -0.2) is 0 Å². The second-order valence-electron chi connectivity index (χ2n) is 8.42. The van der Waals surface area contributed by atoms with E-state index in [0.29, 0.717) is 47.2 Å². The molecule has 0 aliphatic heterocycles. The van der Waals surface area contributed by atoms with Gasteiger partial charge in [0, 0.05) is 22.8 Å². The highest BCUT2D eigenvalue weighted by Crippen LogP contribution is 2.29. The minimum absolute atomic E-state index is 0.225. The van der Waals surface area contributed by atoms with Crippen LogP contribution in [0.15, 0.2) is 97.1 Å². The van der Waals surface area contributed by atoms with E-state index in [1.807, 2.05) is 67.6 Å². The van der Waals surface area contributed by atoms with Gasteiger partial charge in [-0.1, -0.05) is 72.8 Å². The number of carbonyl (C=O) groups excluding carboxylic acids is 2. The average molecular weight is 493 g/mol. The van der Waals surface area contributed by atoms with Gasteiger partial charge < -0.3 is 14.2 Å². The molecule has 0 spiro atoms. The largest absolute Gasteiger partial charge is 0.496 e. The molecule has 4 aromatic rings. The Kier molecular flexibility index (Phi) is 8.50. The van der Waals surface area contributed by atoms with Gasteiger partial charge in [0.15, 0.2) is 5.78 Å². The molecule has 0 fully saturated rings. The van der Waals surface area contributed by atoms with Gasteiger partial charge in [-0.2, -0.15) is 0 Å². The summed E-state index contributed by atoms with van der Waals surface area (Å²) in [7, 11) is 1.54. The van der Waals surface area contributed by atoms with Gasteiger partial charge in [0.25, 0.3) is 0 Å². The van der Waals surface area contributed by atoms with Gasteiger partial charge in [0.05, 0.1) is 12.7 Å². The topological polar surface area (TPSA) is 61.8 Å². The summed E-state index contributed by atoms with van der Waals surface area (Å²) in [5.41, 5.74) is 4.42. The van der Waals surface area contributed by atoms with E-state index in [2.05, 4.69) is 0 Å². The lowest BCUT2D eigenvalue weighted by molar-refractivity contribution is 0.104. The molecule has 0 aliphatic rings. The maximum absolute atomic E-state index is 13.2. The zero-order chi connectivity index (χ0) is 26.0. The van der Waals surface area contributed by atoms with Gasteiger partial charge in [0.1, 0.15) is 36.7 Å². The normalized spacial score (nSPS) is 10.8. The lowest BCUT2D eigenvalue weighted by Crippen LogP contribution is -2.04. The third-order valence-electron chi connectivity index (χ3n) is 5.93. The van der Waals surface area contributed by atoms with E-state index in [0.717, 1.165) is 23.0 Å². The molecule has 0 heterocycles. The summed E-state index contributed by atoms with van der Waals surface area (Å²) < 4.78 is 17.5. The van der Waals surface area contributed by atoms with Crippen molar-refractivity contribution in [2.75, 3.05) is 7.11 Å². The molecule has 0 saturated heterocycles. The molecule has 186 valence electrons. The fourth-order valence-electron chi connectivity index (χ4n) is 3.90. The Morgan fingerprint density at radius 3 is 2.03 bits per heavy atom. The molecular formula is C32H28O5. The van der Waals surface area contributed by atoms with Crippen LogP contribution in [-0.4, -0.2) is 19.2 Å². The number of rotatable bonds is 11. The first-order valence-corrected chi connectivity index (χ1v) is 11.9. The van der Waals surface area contributed by atoms with Crippen LogP contribution < -0.4 is 14.2 Å². The highest BCUT2D eigenvalue weighted by molar-refractivity contribution is 6.09. The average Bonchev–Trinajstić information content (AvgIpc) is 2.95. The summed E-state index contributed by atoms with van der Waals surface area (Å²) in [4.78, 5) is 24.5. The Hall–Kier alpha value is -4.64. The highest BCUT2D eigenvalue weighted by atomic mass is 16.5. The summed E-state index contributed by atoms with van der Waals surface area (Å²) in [6.07, 6.45) is 3.95. The molecule has 5 nitrogen and oxygen atoms in total. The monoisotopic (exact) mass is 492 g/mol. The Morgan fingerprint density at radius 2 is 1.41 bits per heavy atom. The Bertz CT molecular complexity index is 1390. The fraction of sp³-hybridized carbons (Fsp3) is 0.125. The minimum atomic E-state index is -0.225. The minimum Gasteiger partial charge on any atom is -0.496 e. The van der Waals surface area contributed by atoms with Crippen molar-refractivity contribution in [1.82, 2.24) is 0 Å². The third kappa shape index (κ3) is 6.53. The lowest BCUT2D eigenvalue weighted by Gasteiger charge is -2.13. The number of hydrogen-bond donors (Lipinski definition) is 0. The van der Waals surface area contributed by atoms with E-state index in [1.54, 1.807) is 43.5 Å². The van der Waals surface area contributed by atoms with Crippen molar-refractivity contribution in [1.29, 1.82) is 0 Å². The smallest absolute Gasteiger partial charge is 0.189 e. The molecule has 0 unspecified atom stereocenters. The first-order valence-electron chi connectivity index (χ1n) is 11.9. The maximum atomic E-state index is 13.2. The number of aldehydes is 1. The van der Waals surface area contributed by atoms with Gasteiger partial charge in [0.2, 0.25) is 0 Å². The van der Waals surface area contributed by atoms with Crippen LogP contribution in [0, 0.1) is 6.92 Å². The molecule has 0 bridgehead atoms. The lowest BCUT2D eigenvalue weighted by atomic mass is 10.0. The molecule has 4 aromatic carbocycles. The predicted octanol–water partition coefficient (Wildman–Crippen LogP) is 6.87. The molecule has 4 rings (SSSR count). The second kappa shape index (κ2) is 12.4. The van der Waals surface area contributed by atoms with Crippen LogP contribution in [0.5, 0.6) is 17.2 Å². The fourth-order valence-corrected chi connectivity index (χ4v) is 3.90. The molecule has 0 N–H and O–H groups in total. The van der Waals surface area contributed by atoms with Gasteiger partial charge >= 0.3 is 0 Å². The molecule has 0 aliphatic carbocycles. The quantitative estimate of drug-likeness (QED) is 0.130. The molecule has 5 heteroatoms. The van der Waals surface area contributed by atoms with E-state index < -0.39 is 0 Å². The zero-order valence-corrected chi connectivity index (χ0v) is 20.8. The zero-order valence-electron chi connectivity index (χ0n) is 20.8. The van der Waals surface area contributed by atoms with Gasteiger partial charge in [-0.3, -0.25) is 9.59 Å².